The lowest BCUT2D eigenvalue weighted by molar-refractivity contribution is -0.124. The lowest BCUT2D eigenvalue weighted by atomic mass is 10.2. The van der Waals surface area contributed by atoms with E-state index < -0.39 is 11.9 Å². The van der Waals surface area contributed by atoms with Crippen LogP contribution in [0.2, 0.25) is 0 Å². The molecule has 6 rings (SSSR count). The van der Waals surface area contributed by atoms with Gasteiger partial charge in [0.15, 0.2) is 0 Å². The number of anilines is 2. The van der Waals surface area contributed by atoms with Gasteiger partial charge < -0.3 is 16.4 Å². The number of rotatable bonds is 6. The number of halogens is 1. The van der Waals surface area contributed by atoms with Crippen LogP contribution in [0.25, 0.3) is 10.1 Å². The van der Waals surface area contributed by atoms with Gasteiger partial charge in [0, 0.05) is 34.6 Å². The van der Waals surface area contributed by atoms with E-state index >= 15 is 0 Å². The van der Waals surface area contributed by atoms with E-state index in [0.29, 0.717) is 47.5 Å². The van der Waals surface area contributed by atoms with Crippen molar-refractivity contribution in [1.29, 1.82) is 10.8 Å². The smallest absolute Gasteiger partial charge is 0.277 e. The zero-order valence-electron chi connectivity index (χ0n) is 22.6. The SMILES string of the molecule is CNc1cnc2n(c1=O)C(C(=O)NCc1cc3cnc(N)cc3s1)CC2.N=C(C=C1CC1)SC(=N)c1ccc(F)cn1. The van der Waals surface area contributed by atoms with E-state index in [1.807, 2.05) is 12.1 Å². The summed E-state index contributed by atoms with van der Waals surface area (Å²) < 4.78 is 15.1. The standard InChI is InChI=1S/C17H18N6O2S.C11H10FN3S/c1-19-11-8-21-15-3-2-12(23(15)17(11)25)16(24)22-7-10-4-9-6-20-14(18)5-13(9)26-10;12-8-3-4-9(15-6-8)11(14)16-10(13)5-7-1-2-7/h4-6,8,12,19H,2-3,7H2,1H3,(H2,18,20)(H,22,24);3-6,13-14H,1-2H2. The normalized spacial score (nSPS) is 14.9. The molecule has 14 heteroatoms. The van der Waals surface area contributed by atoms with Crippen molar-refractivity contribution >= 4 is 60.7 Å². The Morgan fingerprint density at radius 3 is 2.71 bits per heavy atom. The number of thioether (sulfide) groups is 1. The Kier molecular flexibility index (Phi) is 8.73. The van der Waals surface area contributed by atoms with Gasteiger partial charge in [-0.2, -0.15) is 0 Å². The van der Waals surface area contributed by atoms with Gasteiger partial charge in [-0.1, -0.05) is 5.57 Å². The fourth-order valence-electron chi connectivity index (χ4n) is 4.31. The van der Waals surface area contributed by atoms with Gasteiger partial charge in [-0.25, -0.2) is 14.4 Å². The number of amides is 1. The molecule has 0 spiro atoms. The summed E-state index contributed by atoms with van der Waals surface area (Å²) in [5, 5.41) is 22.6. The van der Waals surface area contributed by atoms with E-state index in [1.54, 1.807) is 30.7 Å². The summed E-state index contributed by atoms with van der Waals surface area (Å²) in [4.78, 5) is 38.3. The second kappa shape index (κ2) is 12.6. The number of allylic oxidation sites excluding steroid dienone is 1. The van der Waals surface area contributed by atoms with Crippen molar-refractivity contribution in [2.24, 2.45) is 0 Å². The number of aryl methyl sites for hydroxylation is 1. The molecule has 1 unspecified atom stereocenters. The molecule has 1 fully saturated rings. The first kappa shape index (κ1) is 29.1. The van der Waals surface area contributed by atoms with Gasteiger partial charge in [-0.05, 0) is 61.4 Å². The molecule has 1 aliphatic carbocycles. The number of carbonyl (C=O) groups is 1. The maximum absolute atomic E-state index is 12.7. The number of hydrogen-bond acceptors (Lipinski definition) is 11. The minimum absolute atomic E-state index is 0.169. The summed E-state index contributed by atoms with van der Waals surface area (Å²) in [6, 6.07) is 6.00. The number of nitrogens with one attached hydrogen (secondary N) is 4. The Labute approximate surface area is 248 Å². The van der Waals surface area contributed by atoms with E-state index in [0.717, 1.165) is 45.8 Å². The summed E-state index contributed by atoms with van der Waals surface area (Å²) in [5.74, 6) is 0.537. The summed E-state index contributed by atoms with van der Waals surface area (Å²) in [7, 11) is 1.67. The van der Waals surface area contributed by atoms with E-state index in [1.165, 1.54) is 28.5 Å². The Bertz CT molecular complexity index is 1760. The van der Waals surface area contributed by atoms with E-state index in [2.05, 4.69) is 25.6 Å². The maximum Gasteiger partial charge on any atom is 0.277 e. The van der Waals surface area contributed by atoms with Gasteiger partial charge >= 0.3 is 0 Å². The molecule has 0 aromatic carbocycles. The van der Waals surface area contributed by atoms with Crippen molar-refractivity contribution in [3.8, 4) is 0 Å². The van der Waals surface area contributed by atoms with Crippen molar-refractivity contribution in [2.45, 2.75) is 38.3 Å². The minimum Gasteiger partial charge on any atom is -0.384 e. The molecule has 11 nitrogen and oxygen atoms in total. The van der Waals surface area contributed by atoms with Gasteiger partial charge in [0.05, 0.1) is 29.7 Å². The van der Waals surface area contributed by atoms with E-state index in [-0.39, 0.29) is 16.5 Å². The number of pyridine rings is 2. The van der Waals surface area contributed by atoms with Gasteiger partial charge in [0.2, 0.25) is 5.91 Å². The van der Waals surface area contributed by atoms with Crippen LogP contribution in [0.3, 0.4) is 0 Å². The predicted octanol–water partition coefficient (Wildman–Crippen LogP) is 4.26. The minimum atomic E-state index is -0.523. The molecule has 1 aliphatic heterocycles. The number of nitrogens with zero attached hydrogens (tertiary/aromatic N) is 4. The molecule has 5 heterocycles. The van der Waals surface area contributed by atoms with Crippen LogP contribution >= 0.6 is 23.1 Å². The largest absolute Gasteiger partial charge is 0.384 e. The third-order valence-electron chi connectivity index (χ3n) is 6.55. The van der Waals surface area contributed by atoms with Gasteiger partial charge in [0.1, 0.15) is 34.2 Å². The first-order valence-electron chi connectivity index (χ1n) is 13.1. The average molecular weight is 606 g/mol. The molecule has 216 valence electrons. The second-order valence-corrected chi connectivity index (χ2v) is 11.8. The molecule has 1 amide bonds. The first-order valence-corrected chi connectivity index (χ1v) is 14.7. The monoisotopic (exact) mass is 605 g/mol. The van der Waals surface area contributed by atoms with Gasteiger partial charge in [0.25, 0.3) is 5.56 Å². The molecule has 2 aliphatic rings. The van der Waals surface area contributed by atoms with Crippen LogP contribution in [-0.4, -0.2) is 42.6 Å². The van der Waals surface area contributed by atoms with Gasteiger partial charge in [-0.15, -0.1) is 11.3 Å². The summed E-state index contributed by atoms with van der Waals surface area (Å²) in [5.41, 5.74) is 7.53. The zero-order valence-corrected chi connectivity index (χ0v) is 24.2. The molecule has 4 aromatic heterocycles. The fourth-order valence-corrected chi connectivity index (χ4v) is 6.00. The van der Waals surface area contributed by atoms with Crippen molar-refractivity contribution in [3.05, 3.63) is 87.1 Å². The number of nitrogens with two attached hydrogens (primary N) is 1. The zero-order chi connectivity index (χ0) is 29.8. The van der Waals surface area contributed by atoms with Crippen LogP contribution < -0.4 is 21.9 Å². The lowest BCUT2D eigenvalue weighted by Crippen LogP contribution is -2.36. The molecule has 4 aromatic rings. The molecule has 0 bridgehead atoms. The Hall–Kier alpha value is -4.43. The first-order chi connectivity index (χ1) is 20.2. The molecule has 1 saturated carbocycles. The Balaban J connectivity index is 0.000000189. The van der Waals surface area contributed by atoms with Crippen molar-refractivity contribution < 1.29 is 9.18 Å². The van der Waals surface area contributed by atoms with Gasteiger partial charge in [-0.3, -0.25) is 30.0 Å². The maximum atomic E-state index is 12.7. The number of nitrogen functional groups attached to an aromatic ring is 1. The van der Waals surface area contributed by atoms with Crippen LogP contribution in [0, 0.1) is 16.6 Å². The topological polar surface area (TPSA) is 176 Å². The van der Waals surface area contributed by atoms with Crippen LogP contribution in [0.5, 0.6) is 0 Å². The molecular weight excluding hydrogens is 578 g/mol. The highest BCUT2D eigenvalue weighted by Crippen LogP contribution is 2.29. The third-order valence-corrected chi connectivity index (χ3v) is 8.40. The van der Waals surface area contributed by atoms with Crippen LogP contribution in [0.4, 0.5) is 15.9 Å². The Morgan fingerprint density at radius 2 is 2.00 bits per heavy atom. The molecule has 0 saturated heterocycles. The second-order valence-electron chi connectivity index (χ2n) is 9.60. The lowest BCUT2D eigenvalue weighted by Gasteiger charge is -2.14. The predicted molar refractivity (Wildman–Crippen MR) is 165 cm³/mol. The number of aromatic nitrogens is 4. The van der Waals surface area contributed by atoms with Crippen LogP contribution in [0.1, 0.15) is 41.7 Å². The molecule has 42 heavy (non-hydrogen) atoms. The molecular formula is C28H28FN9O2S2. The van der Waals surface area contributed by atoms with Crippen molar-refractivity contribution in [1.82, 2.24) is 24.8 Å². The average Bonchev–Trinajstić information content (AvgIpc) is 3.51. The third kappa shape index (κ3) is 6.89. The molecule has 1 atom stereocenters. The summed E-state index contributed by atoms with van der Waals surface area (Å²) in [6.45, 7) is 0.401. The molecule has 0 radical (unpaired) electrons. The fraction of sp³-hybridized carbons (Fsp3) is 0.250. The number of thiophene rings is 1. The van der Waals surface area contributed by atoms with E-state index in [4.69, 9.17) is 16.6 Å². The highest BCUT2D eigenvalue weighted by atomic mass is 32.2. The van der Waals surface area contributed by atoms with Crippen LogP contribution in [0.15, 0.2) is 59.3 Å². The van der Waals surface area contributed by atoms with Crippen molar-refractivity contribution in [2.75, 3.05) is 18.1 Å². The van der Waals surface area contributed by atoms with Crippen molar-refractivity contribution in [3.63, 3.8) is 0 Å². The Morgan fingerprint density at radius 1 is 1.19 bits per heavy atom. The molecule has 6 N–H and O–H groups in total. The highest BCUT2D eigenvalue weighted by molar-refractivity contribution is 8.27. The summed E-state index contributed by atoms with van der Waals surface area (Å²) >= 11 is 2.60. The van der Waals surface area contributed by atoms with Crippen LogP contribution in [-0.2, 0) is 17.8 Å². The quantitative estimate of drug-likeness (QED) is 0.160. The highest BCUT2D eigenvalue weighted by Gasteiger charge is 2.30. The number of fused-ring (bicyclic) bond motifs is 2. The summed E-state index contributed by atoms with van der Waals surface area (Å²) in [6.07, 6.45) is 9.42. The van der Waals surface area contributed by atoms with E-state index in [9.17, 15) is 14.0 Å². The number of hydrogen-bond donors (Lipinski definition) is 5. The number of carbonyl (C=O) groups excluding carboxylic acids is 1.